The summed E-state index contributed by atoms with van der Waals surface area (Å²) in [6.07, 6.45) is 4.38. The number of nitrogens with zero attached hydrogens (tertiary/aromatic N) is 3. The topological polar surface area (TPSA) is 118 Å². The lowest BCUT2D eigenvalue weighted by molar-refractivity contribution is -0.0266. The lowest BCUT2D eigenvalue weighted by Crippen LogP contribution is -2.51. The fraction of sp³-hybridized carbons (Fsp3) is 0.357. The van der Waals surface area contributed by atoms with E-state index in [1.54, 1.807) is 11.0 Å². The Morgan fingerprint density at radius 3 is 2.74 bits per heavy atom. The van der Waals surface area contributed by atoms with Crippen molar-refractivity contribution in [2.24, 2.45) is 5.73 Å². The zero-order chi connectivity index (χ0) is 26.4. The van der Waals surface area contributed by atoms with Gasteiger partial charge < -0.3 is 21.2 Å². The van der Waals surface area contributed by atoms with Crippen LogP contribution < -0.4 is 21.7 Å². The molecule has 1 saturated heterocycles. The summed E-state index contributed by atoms with van der Waals surface area (Å²) in [4.78, 5) is 16.6. The number of carbonyl (C=O) groups excluding carboxylic acids is 1. The highest BCUT2D eigenvalue weighted by atomic mass is 32.1. The zero-order valence-corrected chi connectivity index (χ0v) is 21.7. The van der Waals surface area contributed by atoms with Gasteiger partial charge in [0.1, 0.15) is 11.9 Å². The molecule has 38 heavy (non-hydrogen) atoms. The number of fused-ring (bicyclic) bond motifs is 1. The lowest BCUT2D eigenvalue weighted by Gasteiger charge is -2.39. The lowest BCUT2D eigenvalue weighted by atomic mass is 9.80. The van der Waals surface area contributed by atoms with Crippen LogP contribution >= 0.6 is 11.3 Å². The van der Waals surface area contributed by atoms with Crippen molar-refractivity contribution < 1.29 is 14.3 Å². The summed E-state index contributed by atoms with van der Waals surface area (Å²) in [5.41, 5.74) is 15.7. The summed E-state index contributed by atoms with van der Waals surface area (Å²) in [6, 6.07) is 14.1. The Balaban J connectivity index is 1.37. The Kier molecular flexibility index (Phi) is 6.32. The molecule has 2 fully saturated rings. The van der Waals surface area contributed by atoms with E-state index in [1.807, 2.05) is 35.3 Å². The normalized spacial score (nSPS) is 19.9. The Hall–Kier alpha value is -3.49. The molecule has 8 nitrogen and oxygen atoms in total. The molecule has 6 rings (SSSR count). The Morgan fingerprint density at radius 2 is 2.03 bits per heavy atom. The van der Waals surface area contributed by atoms with E-state index < -0.39 is 11.4 Å². The first kappa shape index (κ1) is 24.8. The van der Waals surface area contributed by atoms with Gasteiger partial charge in [-0.2, -0.15) is 5.26 Å². The number of amides is 1. The number of benzene rings is 2. The van der Waals surface area contributed by atoms with Gasteiger partial charge in [-0.15, -0.1) is 16.9 Å². The largest absolute Gasteiger partial charge is 0.388 e. The quantitative estimate of drug-likeness (QED) is 0.389. The number of hydrazine groups is 2. The molecule has 3 heterocycles. The summed E-state index contributed by atoms with van der Waals surface area (Å²) in [7, 11) is 0. The molecule has 1 saturated carbocycles. The maximum Gasteiger partial charge on any atom is 0.264 e. The number of rotatable bonds is 5. The average molecular weight is 533 g/mol. The van der Waals surface area contributed by atoms with Gasteiger partial charge in [-0.3, -0.25) is 9.80 Å². The van der Waals surface area contributed by atoms with E-state index in [-0.39, 0.29) is 17.5 Å². The molecule has 1 amide bonds. The predicted molar refractivity (Wildman–Crippen MR) is 146 cm³/mol. The SMILES string of the molecule is N#Cc1ccc(-c2cc(C(=O)N3CCCC(N)C3)sc2-c2ccc3c(c2)NNN3CC2(O)CCC2)cc1F. The number of anilines is 2. The highest BCUT2D eigenvalue weighted by molar-refractivity contribution is 7.18. The first-order chi connectivity index (χ1) is 18.3. The van der Waals surface area contributed by atoms with Gasteiger partial charge in [-0.05, 0) is 73.6 Å². The second kappa shape index (κ2) is 9.67. The van der Waals surface area contributed by atoms with Crippen LogP contribution in [0.4, 0.5) is 15.8 Å². The number of aliphatic hydroxyl groups is 1. The molecule has 1 unspecified atom stereocenters. The minimum atomic E-state index is -0.679. The van der Waals surface area contributed by atoms with Crippen LogP contribution in [0.2, 0.25) is 0 Å². The molecule has 1 aromatic heterocycles. The van der Waals surface area contributed by atoms with Crippen molar-refractivity contribution in [2.45, 2.75) is 43.7 Å². The van der Waals surface area contributed by atoms with E-state index in [1.165, 1.54) is 23.5 Å². The van der Waals surface area contributed by atoms with Gasteiger partial charge in [-0.25, -0.2) is 4.39 Å². The standard InChI is InChI=1S/C28H29FN6O2S/c29-22-11-17(4-5-19(22)14-30)21-13-25(27(36)34-10-1-3-20(31)15-34)38-26(21)18-6-7-24-23(12-18)32-33-35(24)16-28(37)8-2-9-28/h4-7,11-13,20,32-33,37H,1-3,8-10,15-16,31H2. The maximum atomic E-state index is 14.6. The third-order valence-corrected chi connectivity index (χ3v) is 8.87. The maximum absolute atomic E-state index is 14.6. The van der Waals surface area contributed by atoms with Gasteiger partial charge in [0, 0.05) is 29.6 Å². The number of halogens is 1. The smallest absolute Gasteiger partial charge is 0.264 e. The fourth-order valence-electron chi connectivity index (χ4n) is 5.41. The molecule has 2 aliphatic heterocycles. The molecule has 3 aliphatic rings. The minimum absolute atomic E-state index is 0.0230. The number of carbonyl (C=O) groups is 1. The molecule has 10 heteroatoms. The highest BCUT2D eigenvalue weighted by Gasteiger charge is 2.38. The predicted octanol–water partition coefficient (Wildman–Crippen LogP) is 4.22. The van der Waals surface area contributed by atoms with Crippen LogP contribution in [-0.2, 0) is 0 Å². The molecule has 0 bridgehead atoms. The van der Waals surface area contributed by atoms with E-state index in [9.17, 15) is 19.6 Å². The van der Waals surface area contributed by atoms with Crippen LogP contribution in [-0.4, -0.2) is 47.2 Å². The number of hydrogen-bond donors (Lipinski definition) is 4. The van der Waals surface area contributed by atoms with Crippen LogP contribution in [0.15, 0.2) is 42.5 Å². The number of β-amino-alcohol motifs (C(OH)–C–C–N with tert-alkyl or cyclic N) is 1. The first-order valence-electron chi connectivity index (χ1n) is 12.9. The molecule has 196 valence electrons. The average Bonchev–Trinajstić information content (AvgIpc) is 3.52. The molecule has 1 atom stereocenters. The minimum Gasteiger partial charge on any atom is -0.388 e. The monoisotopic (exact) mass is 532 g/mol. The van der Waals surface area contributed by atoms with Crippen molar-refractivity contribution in [1.29, 1.82) is 5.26 Å². The second-order valence-electron chi connectivity index (χ2n) is 10.4. The van der Waals surface area contributed by atoms with Gasteiger partial charge in [0.05, 0.1) is 34.0 Å². The molecule has 3 aromatic rings. The van der Waals surface area contributed by atoms with Crippen molar-refractivity contribution in [2.75, 3.05) is 30.1 Å². The van der Waals surface area contributed by atoms with E-state index in [0.29, 0.717) is 30.1 Å². The molecule has 1 aliphatic carbocycles. The van der Waals surface area contributed by atoms with Gasteiger partial charge >= 0.3 is 0 Å². The van der Waals surface area contributed by atoms with E-state index in [0.717, 1.165) is 59.5 Å². The van der Waals surface area contributed by atoms with Crippen LogP contribution in [0.25, 0.3) is 21.6 Å². The van der Waals surface area contributed by atoms with Crippen molar-refractivity contribution >= 4 is 28.6 Å². The van der Waals surface area contributed by atoms with Crippen LogP contribution in [0.1, 0.15) is 47.3 Å². The molecule has 0 spiro atoms. The Bertz CT molecular complexity index is 1450. The van der Waals surface area contributed by atoms with Crippen molar-refractivity contribution in [3.63, 3.8) is 0 Å². The second-order valence-corrected chi connectivity index (χ2v) is 11.5. The van der Waals surface area contributed by atoms with E-state index >= 15 is 0 Å². The number of thiophene rings is 1. The molecule has 0 radical (unpaired) electrons. The summed E-state index contributed by atoms with van der Waals surface area (Å²) in [5, 5.41) is 21.7. The van der Waals surface area contributed by atoms with Gasteiger partial charge in [0.2, 0.25) is 0 Å². The zero-order valence-electron chi connectivity index (χ0n) is 20.8. The molecular weight excluding hydrogens is 503 g/mol. The number of hydrogen-bond acceptors (Lipinski definition) is 8. The fourth-order valence-corrected chi connectivity index (χ4v) is 6.56. The Labute approximate surface area is 224 Å². The molecular formula is C28H29FN6O2S. The van der Waals surface area contributed by atoms with Gasteiger partial charge in [0.25, 0.3) is 5.91 Å². The van der Waals surface area contributed by atoms with Crippen molar-refractivity contribution in [3.05, 3.63) is 58.7 Å². The molecule has 5 N–H and O–H groups in total. The van der Waals surface area contributed by atoms with Gasteiger partial charge in [-0.1, -0.05) is 12.1 Å². The number of piperidine rings is 1. The van der Waals surface area contributed by atoms with Crippen molar-refractivity contribution in [1.82, 2.24) is 10.4 Å². The third kappa shape index (κ3) is 4.52. The van der Waals surface area contributed by atoms with E-state index in [2.05, 4.69) is 11.0 Å². The van der Waals surface area contributed by atoms with Crippen LogP contribution in [0, 0.1) is 17.1 Å². The van der Waals surface area contributed by atoms with E-state index in [4.69, 9.17) is 5.73 Å². The third-order valence-electron chi connectivity index (χ3n) is 7.70. The highest BCUT2D eigenvalue weighted by Crippen LogP contribution is 2.44. The van der Waals surface area contributed by atoms with Crippen LogP contribution in [0.5, 0.6) is 0 Å². The number of nitrogens with one attached hydrogen (secondary N) is 2. The summed E-state index contributed by atoms with van der Waals surface area (Å²) in [5.74, 6) is -0.672. The summed E-state index contributed by atoms with van der Waals surface area (Å²) < 4.78 is 14.6. The van der Waals surface area contributed by atoms with Crippen molar-refractivity contribution in [3.8, 4) is 27.6 Å². The summed E-state index contributed by atoms with van der Waals surface area (Å²) >= 11 is 1.37. The Morgan fingerprint density at radius 1 is 1.21 bits per heavy atom. The molecule has 2 aromatic carbocycles. The number of nitrogens with two attached hydrogens (primary N) is 1. The van der Waals surface area contributed by atoms with Crippen LogP contribution in [0.3, 0.4) is 0 Å². The number of nitriles is 1. The summed E-state index contributed by atoms with van der Waals surface area (Å²) in [6.45, 7) is 1.67. The number of likely N-dealkylation sites (tertiary alicyclic amines) is 1. The van der Waals surface area contributed by atoms with Gasteiger partial charge in [0.15, 0.2) is 0 Å². The first-order valence-corrected chi connectivity index (χ1v) is 13.7.